The minimum Gasteiger partial charge on any atom is -0.327 e. The van der Waals surface area contributed by atoms with Gasteiger partial charge in [-0.25, -0.2) is 0 Å². The van der Waals surface area contributed by atoms with E-state index in [-0.39, 0.29) is 6.04 Å². The van der Waals surface area contributed by atoms with Gasteiger partial charge in [0.15, 0.2) is 0 Å². The number of nitrogens with two attached hydrogens (primary N) is 1. The maximum Gasteiger partial charge on any atom is 0.0640 e. The quantitative estimate of drug-likeness (QED) is 0.705. The first kappa shape index (κ1) is 14.2. The molecule has 2 N–H and O–H groups in total. The van der Waals surface area contributed by atoms with E-state index in [2.05, 4.69) is 31.9 Å². The lowest BCUT2D eigenvalue weighted by molar-refractivity contribution is 0.510. The molecule has 17 heavy (non-hydrogen) atoms. The summed E-state index contributed by atoms with van der Waals surface area (Å²) in [6.07, 6.45) is 9.25. The normalized spacial score (nSPS) is 13.2. The van der Waals surface area contributed by atoms with Crippen molar-refractivity contribution in [1.29, 1.82) is 0 Å². The van der Waals surface area contributed by atoms with Gasteiger partial charge >= 0.3 is 0 Å². The summed E-state index contributed by atoms with van der Waals surface area (Å²) in [7, 11) is 0. The topological polar surface area (TPSA) is 43.8 Å². The van der Waals surface area contributed by atoms with E-state index >= 15 is 0 Å². The van der Waals surface area contributed by atoms with E-state index in [1.165, 1.54) is 25.7 Å². The van der Waals surface area contributed by atoms with Crippen LogP contribution in [0.25, 0.3) is 0 Å². The average molecular weight is 237 g/mol. The molecule has 0 fully saturated rings. The molecule has 0 aromatic carbocycles. The molecule has 0 aliphatic heterocycles. The van der Waals surface area contributed by atoms with Crippen molar-refractivity contribution < 1.29 is 0 Å². The molecule has 0 bridgehead atoms. The summed E-state index contributed by atoms with van der Waals surface area (Å²) in [6, 6.07) is 2.79. The van der Waals surface area contributed by atoms with E-state index in [0.29, 0.717) is 6.04 Å². The van der Waals surface area contributed by atoms with Gasteiger partial charge in [-0.3, -0.25) is 4.68 Å². The van der Waals surface area contributed by atoms with Gasteiger partial charge in [-0.05, 0) is 26.3 Å². The van der Waals surface area contributed by atoms with Crippen LogP contribution >= 0.6 is 0 Å². The second kappa shape index (κ2) is 7.49. The Bertz CT molecular complexity index is 304. The molecular weight excluding hydrogens is 210 g/mol. The van der Waals surface area contributed by atoms with Crippen molar-refractivity contribution in [2.75, 3.05) is 0 Å². The Hall–Kier alpha value is -0.830. The van der Waals surface area contributed by atoms with Crippen molar-refractivity contribution in [3.05, 3.63) is 18.0 Å². The smallest absolute Gasteiger partial charge is 0.0640 e. The van der Waals surface area contributed by atoms with E-state index in [4.69, 9.17) is 5.73 Å². The second-order valence-corrected chi connectivity index (χ2v) is 5.19. The number of unbranched alkanes of at least 4 members (excludes halogenated alkanes) is 3. The molecule has 1 aromatic heterocycles. The molecule has 0 aliphatic carbocycles. The van der Waals surface area contributed by atoms with Crippen LogP contribution in [0.4, 0.5) is 0 Å². The minimum atomic E-state index is 0.266. The van der Waals surface area contributed by atoms with Crippen LogP contribution in [0.3, 0.4) is 0 Å². The Morgan fingerprint density at radius 3 is 2.65 bits per heavy atom. The van der Waals surface area contributed by atoms with Crippen LogP contribution in [0, 0.1) is 0 Å². The molecule has 0 spiro atoms. The molecule has 0 aliphatic rings. The van der Waals surface area contributed by atoms with Gasteiger partial charge in [0, 0.05) is 24.7 Å². The Kier molecular flexibility index (Phi) is 6.27. The first-order valence-corrected chi connectivity index (χ1v) is 6.93. The molecule has 0 radical (unpaired) electrons. The zero-order chi connectivity index (χ0) is 12.7. The Morgan fingerprint density at radius 2 is 2.06 bits per heavy atom. The Balaban J connectivity index is 2.27. The lowest BCUT2D eigenvalue weighted by Gasteiger charge is -2.09. The fourth-order valence-electron chi connectivity index (χ4n) is 1.98. The number of aromatic nitrogens is 2. The molecule has 3 heteroatoms. The molecule has 1 unspecified atom stereocenters. The average Bonchev–Trinajstić information content (AvgIpc) is 2.73. The van der Waals surface area contributed by atoms with Gasteiger partial charge in [0.1, 0.15) is 0 Å². The molecule has 1 rings (SSSR count). The van der Waals surface area contributed by atoms with Crippen LogP contribution in [0.5, 0.6) is 0 Å². The highest BCUT2D eigenvalue weighted by molar-refractivity contribution is 5.01. The monoisotopic (exact) mass is 237 g/mol. The number of rotatable bonds is 8. The lowest BCUT2D eigenvalue weighted by Crippen LogP contribution is -2.23. The molecule has 3 nitrogen and oxygen atoms in total. The van der Waals surface area contributed by atoms with Gasteiger partial charge in [-0.2, -0.15) is 5.10 Å². The molecular formula is C14H27N3. The molecule has 1 atom stereocenters. The van der Waals surface area contributed by atoms with Crippen molar-refractivity contribution in [1.82, 2.24) is 9.78 Å². The van der Waals surface area contributed by atoms with Crippen molar-refractivity contribution in [2.24, 2.45) is 5.73 Å². The summed E-state index contributed by atoms with van der Waals surface area (Å²) < 4.78 is 2.00. The zero-order valence-electron chi connectivity index (χ0n) is 11.5. The van der Waals surface area contributed by atoms with Gasteiger partial charge < -0.3 is 5.73 Å². The first-order chi connectivity index (χ1) is 8.13. The van der Waals surface area contributed by atoms with Gasteiger partial charge in [0.05, 0.1) is 5.69 Å². The highest BCUT2D eigenvalue weighted by Gasteiger charge is 2.07. The van der Waals surface area contributed by atoms with Crippen LogP contribution < -0.4 is 5.73 Å². The van der Waals surface area contributed by atoms with Crippen molar-refractivity contribution >= 4 is 0 Å². The molecule has 0 saturated carbocycles. The predicted octanol–water partition coefficient (Wildman–Crippen LogP) is 3.30. The van der Waals surface area contributed by atoms with Gasteiger partial charge in [0.2, 0.25) is 0 Å². The van der Waals surface area contributed by atoms with Crippen LogP contribution in [0.1, 0.15) is 64.6 Å². The fraction of sp³-hybridized carbons (Fsp3) is 0.786. The molecule has 1 heterocycles. The SMILES string of the molecule is CCCCCCC(N)Cc1ccn(C(C)C)n1. The van der Waals surface area contributed by atoms with Crippen LogP contribution in [0.15, 0.2) is 12.3 Å². The van der Waals surface area contributed by atoms with Crippen LogP contribution in [0.2, 0.25) is 0 Å². The third-order valence-electron chi connectivity index (χ3n) is 3.09. The third kappa shape index (κ3) is 5.35. The summed E-state index contributed by atoms with van der Waals surface area (Å²) in [5.41, 5.74) is 7.25. The van der Waals surface area contributed by atoms with Crippen LogP contribution in [-0.4, -0.2) is 15.8 Å². The summed E-state index contributed by atoms with van der Waals surface area (Å²) in [5.74, 6) is 0. The largest absolute Gasteiger partial charge is 0.327 e. The lowest BCUT2D eigenvalue weighted by atomic mass is 10.0. The van der Waals surface area contributed by atoms with E-state index in [1.54, 1.807) is 0 Å². The summed E-state index contributed by atoms with van der Waals surface area (Å²) >= 11 is 0. The number of nitrogens with zero attached hydrogens (tertiary/aromatic N) is 2. The van der Waals surface area contributed by atoms with E-state index in [1.807, 2.05) is 10.9 Å². The maximum atomic E-state index is 6.12. The Labute approximate surface area is 105 Å². The van der Waals surface area contributed by atoms with Crippen molar-refractivity contribution in [3.8, 4) is 0 Å². The Morgan fingerprint density at radius 1 is 1.29 bits per heavy atom. The van der Waals surface area contributed by atoms with Gasteiger partial charge in [0.25, 0.3) is 0 Å². The molecule has 1 aromatic rings. The highest BCUT2D eigenvalue weighted by atomic mass is 15.3. The summed E-state index contributed by atoms with van der Waals surface area (Å²) in [5, 5.41) is 4.53. The first-order valence-electron chi connectivity index (χ1n) is 6.93. The van der Waals surface area contributed by atoms with E-state index in [9.17, 15) is 0 Å². The highest BCUT2D eigenvalue weighted by Crippen LogP contribution is 2.09. The second-order valence-electron chi connectivity index (χ2n) is 5.19. The van der Waals surface area contributed by atoms with Crippen LogP contribution in [-0.2, 0) is 6.42 Å². The minimum absolute atomic E-state index is 0.266. The predicted molar refractivity (Wildman–Crippen MR) is 73.1 cm³/mol. The third-order valence-corrected chi connectivity index (χ3v) is 3.09. The van der Waals surface area contributed by atoms with Gasteiger partial charge in [-0.1, -0.05) is 32.6 Å². The standard InChI is InChI=1S/C14H27N3/c1-4-5-6-7-8-13(15)11-14-9-10-17(16-14)12(2)3/h9-10,12-13H,4-8,11,15H2,1-3H3. The zero-order valence-corrected chi connectivity index (χ0v) is 11.5. The summed E-state index contributed by atoms with van der Waals surface area (Å²) in [6.45, 7) is 6.52. The fourth-order valence-corrected chi connectivity index (χ4v) is 1.98. The molecule has 98 valence electrons. The molecule has 0 saturated heterocycles. The molecule has 0 amide bonds. The van der Waals surface area contributed by atoms with Crippen molar-refractivity contribution in [3.63, 3.8) is 0 Å². The van der Waals surface area contributed by atoms with E-state index < -0.39 is 0 Å². The number of hydrogen-bond donors (Lipinski definition) is 1. The summed E-state index contributed by atoms with van der Waals surface area (Å²) in [4.78, 5) is 0. The number of hydrogen-bond acceptors (Lipinski definition) is 2. The maximum absolute atomic E-state index is 6.12. The van der Waals surface area contributed by atoms with E-state index in [0.717, 1.165) is 18.5 Å². The van der Waals surface area contributed by atoms with Crippen molar-refractivity contribution in [2.45, 2.75) is 71.4 Å². The van der Waals surface area contributed by atoms with Gasteiger partial charge in [-0.15, -0.1) is 0 Å².